The van der Waals surface area contributed by atoms with Gasteiger partial charge in [-0.2, -0.15) is 4.98 Å². The summed E-state index contributed by atoms with van der Waals surface area (Å²) in [6, 6.07) is 6.10. The van der Waals surface area contributed by atoms with Crippen LogP contribution in [-0.4, -0.2) is 69.8 Å². The summed E-state index contributed by atoms with van der Waals surface area (Å²) in [5, 5.41) is 18.4. The minimum Gasteiger partial charge on any atom is -0.373 e. The molecule has 0 aromatic carbocycles. The van der Waals surface area contributed by atoms with E-state index in [2.05, 4.69) is 36.1 Å². The lowest BCUT2D eigenvalue weighted by Gasteiger charge is -2.63. The van der Waals surface area contributed by atoms with Crippen LogP contribution in [0.1, 0.15) is 31.2 Å². The van der Waals surface area contributed by atoms with Gasteiger partial charge < -0.3 is 25.2 Å². The van der Waals surface area contributed by atoms with Gasteiger partial charge in [-0.1, -0.05) is 0 Å². The lowest BCUT2D eigenvalue weighted by atomic mass is 9.49. The lowest BCUT2D eigenvalue weighted by molar-refractivity contribution is -0.0945. The van der Waals surface area contributed by atoms with E-state index in [9.17, 15) is 5.11 Å². The maximum Gasteiger partial charge on any atom is 0.230 e. The molecule has 32 heavy (non-hydrogen) atoms. The zero-order chi connectivity index (χ0) is 21.9. The summed E-state index contributed by atoms with van der Waals surface area (Å²) in [6.45, 7) is 3.99. The highest BCUT2D eigenvalue weighted by atomic mass is 16.3. The molecule has 0 spiro atoms. The van der Waals surface area contributed by atoms with Gasteiger partial charge in [-0.25, -0.2) is 9.97 Å². The molecular formula is C23H30N8O. The van der Waals surface area contributed by atoms with Crippen molar-refractivity contribution in [2.45, 2.75) is 31.0 Å². The van der Waals surface area contributed by atoms with Crippen LogP contribution in [-0.2, 0) is 5.54 Å². The quantitative estimate of drug-likeness (QED) is 0.508. The van der Waals surface area contributed by atoms with Gasteiger partial charge >= 0.3 is 0 Å². The number of pyridine rings is 1. The van der Waals surface area contributed by atoms with Crippen molar-refractivity contribution in [1.82, 2.24) is 29.7 Å². The average Bonchev–Trinajstić information content (AvgIpc) is 3.11. The minimum absolute atomic E-state index is 0.105. The maximum atomic E-state index is 10.8. The highest BCUT2D eigenvalue weighted by molar-refractivity contribution is 5.79. The zero-order valence-electron chi connectivity index (χ0n) is 18.6. The fourth-order valence-corrected chi connectivity index (χ4v) is 5.41. The Morgan fingerprint density at radius 2 is 1.94 bits per heavy atom. The van der Waals surface area contributed by atoms with Gasteiger partial charge in [-0.15, -0.1) is 0 Å². The second kappa shape index (κ2) is 7.40. The Kier molecular flexibility index (Phi) is 4.60. The third-order valence-corrected chi connectivity index (χ3v) is 7.27. The molecule has 3 N–H and O–H groups in total. The third kappa shape index (κ3) is 3.15. The van der Waals surface area contributed by atoms with E-state index in [-0.39, 0.29) is 5.54 Å². The average molecular weight is 435 g/mol. The van der Waals surface area contributed by atoms with Gasteiger partial charge in [-0.3, -0.25) is 4.90 Å². The molecule has 4 heterocycles. The Labute approximate surface area is 187 Å². The smallest absolute Gasteiger partial charge is 0.230 e. The molecule has 3 saturated carbocycles. The SMILES string of the molecule is CN(C)C(O)c1cc2cnc(Nc3ccc(N4CCNCC4)cn3)nc2n1C12CC(C1)C2. The molecule has 9 nitrogen and oxygen atoms in total. The normalized spacial score (nSPS) is 25.5. The molecule has 1 saturated heterocycles. The van der Waals surface area contributed by atoms with Gasteiger partial charge in [0.1, 0.15) is 17.7 Å². The van der Waals surface area contributed by atoms with Gasteiger partial charge in [0, 0.05) is 43.3 Å². The molecule has 0 amide bonds. The minimum atomic E-state index is -0.672. The number of nitrogens with one attached hydrogen (secondary N) is 2. The summed E-state index contributed by atoms with van der Waals surface area (Å²) in [4.78, 5) is 18.1. The predicted octanol–water partition coefficient (Wildman–Crippen LogP) is 2.04. The molecule has 7 rings (SSSR count). The van der Waals surface area contributed by atoms with E-state index in [4.69, 9.17) is 4.98 Å². The lowest BCUT2D eigenvalue weighted by Crippen LogP contribution is -2.60. The largest absolute Gasteiger partial charge is 0.373 e. The molecule has 3 aromatic rings. The van der Waals surface area contributed by atoms with Crippen molar-refractivity contribution < 1.29 is 5.11 Å². The highest BCUT2D eigenvalue weighted by Gasteiger charge is 2.59. The number of aliphatic hydroxyl groups excluding tert-OH is 1. The van der Waals surface area contributed by atoms with Crippen LogP contribution >= 0.6 is 0 Å². The van der Waals surface area contributed by atoms with Gasteiger partial charge in [0.05, 0.1) is 17.6 Å². The number of aliphatic hydroxyl groups is 1. The molecule has 1 atom stereocenters. The van der Waals surface area contributed by atoms with Crippen molar-refractivity contribution in [1.29, 1.82) is 0 Å². The number of anilines is 3. The molecule has 4 aliphatic rings. The van der Waals surface area contributed by atoms with E-state index in [1.807, 2.05) is 43.5 Å². The molecule has 1 aliphatic heterocycles. The number of hydrogen-bond donors (Lipinski definition) is 3. The maximum absolute atomic E-state index is 10.8. The number of aromatic nitrogens is 4. The second-order valence-electron chi connectivity index (χ2n) is 9.68. The first-order valence-corrected chi connectivity index (χ1v) is 11.4. The van der Waals surface area contributed by atoms with Crippen molar-refractivity contribution >= 4 is 28.5 Å². The van der Waals surface area contributed by atoms with E-state index in [1.54, 1.807) is 0 Å². The van der Waals surface area contributed by atoms with Crippen LogP contribution in [0.25, 0.3) is 11.0 Å². The van der Waals surface area contributed by atoms with Crippen molar-refractivity contribution in [3.8, 4) is 0 Å². The van der Waals surface area contributed by atoms with E-state index < -0.39 is 6.23 Å². The first-order valence-electron chi connectivity index (χ1n) is 11.4. The Morgan fingerprint density at radius 1 is 1.16 bits per heavy atom. The summed E-state index contributed by atoms with van der Waals surface area (Å²) in [7, 11) is 3.78. The van der Waals surface area contributed by atoms with Gasteiger partial charge in [0.2, 0.25) is 5.95 Å². The number of fused-ring (bicyclic) bond motifs is 1. The number of rotatable bonds is 6. The molecule has 4 fully saturated rings. The molecular weight excluding hydrogens is 404 g/mol. The number of hydrogen-bond acceptors (Lipinski definition) is 8. The Morgan fingerprint density at radius 3 is 2.56 bits per heavy atom. The van der Waals surface area contributed by atoms with Crippen molar-refractivity contribution in [2.24, 2.45) is 5.92 Å². The van der Waals surface area contributed by atoms with E-state index in [1.165, 1.54) is 19.3 Å². The van der Waals surface area contributed by atoms with Crippen LogP contribution in [0, 0.1) is 5.92 Å². The molecule has 168 valence electrons. The number of piperazine rings is 1. The molecule has 3 aliphatic carbocycles. The van der Waals surface area contributed by atoms with Gasteiger partial charge in [0.25, 0.3) is 0 Å². The van der Waals surface area contributed by atoms with E-state index in [0.29, 0.717) is 5.95 Å². The van der Waals surface area contributed by atoms with Gasteiger partial charge in [-0.05, 0) is 57.5 Å². The van der Waals surface area contributed by atoms with Crippen molar-refractivity contribution in [2.75, 3.05) is 50.5 Å². The summed E-state index contributed by atoms with van der Waals surface area (Å²) < 4.78 is 2.28. The summed E-state index contributed by atoms with van der Waals surface area (Å²) in [5.74, 6) is 2.08. The Bertz CT molecular complexity index is 1120. The fourth-order valence-electron chi connectivity index (χ4n) is 5.41. The zero-order valence-corrected chi connectivity index (χ0v) is 18.6. The topological polar surface area (TPSA) is 94.4 Å². The van der Waals surface area contributed by atoms with Crippen LogP contribution in [0.5, 0.6) is 0 Å². The van der Waals surface area contributed by atoms with Crippen LogP contribution in [0.15, 0.2) is 30.6 Å². The van der Waals surface area contributed by atoms with Crippen LogP contribution in [0.4, 0.5) is 17.5 Å². The first-order chi connectivity index (χ1) is 15.5. The van der Waals surface area contributed by atoms with E-state index in [0.717, 1.165) is 60.3 Å². The van der Waals surface area contributed by atoms with Crippen LogP contribution in [0.3, 0.4) is 0 Å². The monoisotopic (exact) mass is 434 g/mol. The summed E-state index contributed by atoms with van der Waals surface area (Å²) >= 11 is 0. The molecule has 3 aromatic heterocycles. The standard InChI is InChI=1S/C23H30N8O/c1-29(2)21(32)18-9-16-13-26-22(28-20(16)31(18)23-10-15(11-23)12-23)27-19-4-3-17(14-25-19)30-7-5-24-6-8-30/h3-4,9,13-15,21,24,32H,5-8,10-12H2,1-2H3,(H,25,26,27,28). The number of nitrogens with zero attached hydrogens (tertiary/aromatic N) is 6. The first kappa shape index (κ1) is 19.9. The summed E-state index contributed by atoms with van der Waals surface area (Å²) in [5.41, 5.74) is 3.02. The summed E-state index contributed by atoms with van der Waals surface area (Å²) in [6.07, 6.45) is 6.59. The third-order valence-electron chi connectivity index (χ3n) is 7.27. The van der Waals surface area contributed by atoms with E-state index >= 15 is 0 Å². The van der Waals surface area contributed by atoms with Crippen LogP contribution in [0.2, 0.25) is 0 Å². The molecule has 9 heteroatoms. The molecule has 1 unspecified atom stereocenters. The highest BCUT2D eigenvalue weighted by Crippen LogP contribution is 2.63. The van der Waals surface area contributed by atoms with Crippen molar-refractivity contribution in [3.05, 3.63) is 36.3 Å². The molecule has 0 radical (unpaired) electrons. The van der Waals surface area contributed by atoms with Crippen molar-refractivity contribution in [3.63, 3.8) is 0 Å². The van der Waals surface area contributed by atoms with Crippen LogP contribution < -0.4 is 15.5 Å². The fraction of sp³-hybridized carbons (Fsp3) is 0.522. The Hall–Kier alpha value is -2.75. The predicted molar refractivity (Wildman–Crippen MR) is 124 cm³/mol. The molecule has 2 bridgehead atoms. The van der Waals surface area contributed by atoms with Gasteiger partial charge in [0.15, 0.2) is 0 Å². The Balaban J connectivity index is 1.30. The second-order valence-corrected chi connectivity index (χ2v) is 9.68.